The molecule has 11 heavy (non-hydrogen) atoms. The Bertz CT molecular complexity index is 84.0. The third-order valence-corrected chi connectivity index (χ3v) is 0. The third-order valence-electron chi connectivity index (χ3n) is 0. The van der Waals surface area contributed by atoms with Crippen LogP contribution in [-0.2, 0) is 0 Å². The van der Waals surface area contributed by atoms with E-state index in [2.05, 4.69) is 5.32 Å². The number of rotatable bonds is 0. The van der Waals surface area contributed by atoms with Gasteiger partial charge in [0.05, 0.1) is 0 Å². The van der Waals surface area contributed by atoms with Crippen molar-refractivity contribution in [1.29, 1.82) is 0 Å². The second-order valence-corrected chi connectivity index (χ2v) is 0.976. The van der Waals surface area contributed by atoms with Gasteiger partial charge in [-0.2, -0.15) is 0 Å². The van der Waals surface area contributed by atoms with E-state index in [1.165, 1.54) is 0 Å². The highest BCUT2D eigenvalue weighted by molar-refractivity contribution is 3.91. The molecule has 0 rings (SSSR count). The Morgan fingerprint density at radius 1 is 1.09 bits per heavy atom. The molecule has 0 saturated heterocycles. The Kier molecular flexibility index (Phi) is 23.2. The molecule has 0 aromatic carbocycles. The molecule has 9 nitrogen and oxygen atoms in total. The van der Waals surface area contributed by atoms with Crippen molar-refractivity contribution in [3.8, 4) is 0 Å². The number of hydrogen-bond acceptors (Lipinski definition) is 5. The molecule has 0 fully saturated rings. The van der Waals surface area contributed by atoms with Crippen molar-refractivity contribution in [3.63, 3.8) is 0 Å². The van der Waals surface area contributed by atoms with Crippen LogP contribution in [0.25, 0.3) is 0 Å². The van der Waals surface area contributed by atoms with E-state index in [0.717, 1.165) is 0 Å². The molecule has 0 saturated carbocycles. The van der Waals surface area contributed by atoms with Crippen LogP contribution in [0, 0.1) is 20.2 Å². The lowest BCUT2D eigenvalue weighted by atomic mass is 11.3. The van der Waals surface area contributed by atoms with Crippen LogP contribution in [-0.4, -0.2) is 34.7 Å². The molecule has 0 aliphatic rings. The maximum Gasteiger partial charge on any atom is 0.291 e. The van der Waals surface area contributed by atoms with Crippen molar-refractivity contribution in [2.45, 2.75) is 0 Å². The summed E-state index contributed by atoms with van der Waals surface area (Å²) in [6, 6.07) is 0. The van der Waals surface area contributed by atoms with Crippen molar-refractivity contribution in [2.75, 3.05) is 14.1 Å². The normalized spacial score (nSPS) is 6.00. The molecule has 0 bridgehead atoms. The van der Waals surface area contributed by atoms with E-state index in [0.29, 0.717) is 0 Å². The molecule has 0 aromatic heterocycles. The van der Waals surface area contributed by atoms with Crippen molar-refractivity contribution in [3.05, 3.63) is 20.2 Å². The van der Waals surface area contributed by atoms with Gasteiger partial charge in [0.25, 0.3) is 10.2 Å². The minimum atomic E-state index is -1.50. The highest BCUT2D eigenvalue weighted by atomic mass is 16.9. The van der Waals surface area contributed by atoms with Gasteiger partial charge in [-0.25, -0.2) is 0 Å². The van der Waals surface area contributed by atoms with Crippen molar-refractivity contribution < 1.29 is 20.6 Å². The van der Waals surface area contributed by atoms with E-state index in [4.69, 9.17) is 30.6 Å². The van der Waals surface area contributed by atoms with Gasteiger partial charge in [0, 0.05) is 0 Å². The van der Waals surface area contributed by atoms with E-state index in [9.17, 15) is 0 Å². The Balaban J connectivity index is -0.0000000886. The molecular formula is C2H9N3O6. The van der Waals surface area contributed by atoms with Crippen LogP contribution in [0.2, 0.25) is 0 Å². The summed E-state index contributed by atoms with van der Waals surface area (Å²) in [5.74, 6) is 0. The van der Waals surface area contributed by atoms with Gasteiger partial charge in [0.15, 0.2) is 0 Å². The SMILES string of the molecule is CNC.O=[N+]([O-])O.O=[N+]([O-])O. The molecule has 68 valence electrons. The zero-order valence-electron chi connectivity index (χ0n) is 5.92. The lowest BCUT2D eigenvalue weighted by molar-refractivity contribution is -0.742. The highest BCUT2D eigenvalue weighted by Gasteiger charge is 1.65. The summed E-state index contributed by atoms with van der Waals surface area (Å²) in [6.45, 7) is 0. The maximum absolute atomic E-state index is 8.36. The van der Waals surface area contributed by atoms with Gasteiger partial charge in [-0.15, -0.1) is 20.2 Å². The average molecular weight is 171 g/mol. The third kappa shape index (κ3) is 126. The second kappa shape index (κ2) is 15.8. The fraction of sp³-hybridized carbons (Fsp3) is 1.00. The summed E-state index contributed by atoms with van der Waals surface area (Å²) in [5, 5.41) is 30.0. The maximum atomic E-state index is 8.36. The van der Waals surface area contributed by atoms with E-state index >= 15 is 0 Å². The van der Waals surface area contributed by atoms with Crippen molar-refractivity contribution in [1.82, 2.24) is 5.32 Å². The lowest BCUT2D eigenvalue weighted by Gasteiger charge is -1.59. The lowest BCUT2D eigenvalue weighted by Crippen LogP contribution is -1.89. The van der Waals surface area contributed by atoms with Gasteiger partial charge in [0.2, 0.25) is 0 Å². The molecule has 0 aromatic rings. The van der Waals surface area contributed by atoms with Crippen LogP contribution >= 0.6 is 0 Å². The summed E-state index contributed by atoms with van der Waals surface area (Å²) in [7, 11) is 3.75. The second-order valence-electron chi connectivity index (χ2n) is 0.976. The number of hydrogen-bond donors (Lipinski definition) is 3. The van der Waals surface area contributed by atoms with Gasteiger partial charge in [-0.3, -0.25) is 0 Å². The van der Waals surface area contributed by atoms with Crippen LogP contribution in [0.4, 0.5) is 0 Å². The van der Waals surface area contributed by atoms with Crippen molar-refractivity contribution in [2.24, 2.45) is 0 Å². The fourth-order valence-electron chi connectivity index (χ4n) is 0. The van der Waals surface area contributed by atoms with Crippen molar-refractivity contribution >= 4 is 0 Å². The van der Waals surface area contributed by atoms with Gasteiger partial charge in [-0.1, -0.05) is 0 Å². The van der Waals surface area contributed by atoms with E-state index < -0.39 is 10.2 Å². The molecule has 0 aliphatic carbocycles. The first-order valence-electron chi connectivity index (χ1n) is 2.13. The predicted octanol–water partition coefficient (Wildman–Crippen LogP) is -0.860. The molecule has 0 unspecified atom stereocenters. The minimum absolute atomic E-state index is 1.50. The molecule has 0 atom stereocenters. The van der Waals surface area contributed by atoms with E-state index in [-0.39, 0.29) is 0 Å². The Morgan fingerprint density at radius 2 is 1.09 bits per heavy atom. The number of nitrogens with one attached hydrogen (secondary N) is 1. The molecule has 0 radical (unpaired) electrons. The minimum Gasteiger partial charge on any atom is -0.328 e. The Hall–Kier alpha value is -1.64. The van der Waals surface area contributed by atoms with Gasteiger partial charge in [0.1, 0.15) is 0 Å². The first kappa shape index (κ1) is 16.2. The first-order valence-corrected chi connectivity index (χ1v) is 2.13. The average Bonchev–Trinajstić information content (AvgIpc) is 1.60. The summed E-state index contributed by atoms with van der Waals surface area (Å²) < 4.78 is 0. The van der Waals surface area contributed by atoms with Gasteiger partial charge in [-0.05, 0) is 14.1 Å². The monoisotopic (exact) mass is 171 g/mol. The van der Waals surface area contributed by atoms with Crippen LogP contribution in [0.15, 0.2) is 0 Å². The summed E-state index contributed by atoms with van der Waals surface area (Å²) >= 11 is 0. The predicted molar refractivity (Wildman–Crippen MR) is 32.5 cm³/mol. The molecule has 0 aliphatic heterocycles. The van der Waals surface area contributed by atoms with E-state index in [1.54, 1.807) is 0 Å². The van der Waals surface area contributed by atoms with Gasteiger partial charge >= 0.3 is 0 Å². The summed E-state index contributed by atoms with van der Waals surface area (Å²) in [5.41, 5.74) is 0. The summed E-state index contributed by atoms with van der Waals surface area (Å²) in [6.07, 6.45) is 0. The molecule has 9 heteroatoms. The Labute approximate surface area is 61.5 Å². The zero-order valence-corrected chi connectivity index (χ0v) is 5.92. The van der Waals surface area contributed by atoms with Gasteiger partial charge < -0.3 is 15.7 Å². The fourth-order valence-corrected chi connectivity index (χ4v) is 0. The number of nitrogens with zero attached hydrogens (tertiary/aromatic N) is 2. The van der Waals surface area contributed by atoms with Crippen LogP contribution in [0.5, 0.6) is 0 Å². The molecule has 3 N–H and O–H groups in total. The zero-order chi connectivity index (χ0) is 9.86. The Morgan fingerprint density at radius 3 is 1.09 bits per heavy atom. The smallest absolute Gasteiger partial charge is 0.291 e. The largest absolute Gasteiger partial charge is 0.328 e. The summed E-state index contributed by atoms with van der Waals surface area (Å²) in [4.78, 5) is 16.7. The molecular weight excluding hydrogens is 162 g/mol. The van der Waals surface area contributed by atoms with E-state index in [1.807, 2.05) is 14.1 Å². The van der Waals surface area contributed by atoms with Crippen LogP contribution in [0.3, 0.4) is 0 Å². The molecule has 0 heterocycles. The highest BCUT2D eigenvalue weighted by Crippen LogP contribution is 1.38. The molecule has 0 amide bonds. The topological polar surface area (TPSA) is 139 Å². The quantitative estimate of drug-likeness (QED) is 0.318. The van der Waals surface area contributed by atoms with Crippen LogP contribution in [0.1, 0.15) is 0 Å². The molecule has 0 spiro atoms. The standard InChI is InChI=1S/C2H7N.2HNO3/c1-3-2;2*2-1(3)4/h3H,1-2H3;2*(H,2,3,4). The first-order chi connectivity index (χ1) is 4.88. The van der Waals surface area contributed by atoms with Crippen LogP contribution < -0.4 is 5.32 Å².